The Balaban J connectivity index is 0.000000523. The maximum atomic E-state index is 11.9. The lowest BCUT2D eigenvalue weighted by atomic mass is 10.2. The second-order valence-electron chi connectivity index (χ2n) is 4.85. The van der Waals surface area contributed by atoms with Crippen LogP contribution in [0.2, 0.25) is 0 Å². The maximum absolute atomic E-state index is 11.9. The lowest BCUT2D eigenvalue weighted by Gasteiger charge is -2.12. The third-order valence-corrected chi connectivity index (χ3v) is 3.79. The summed E-state index contributed by atoms with van der Waals surface area (Å²) >= 11 is 6.01. The van der Waals surface area contributed by atoms with E-state index in [1.165, 1.54) is 24.3 Å². The summed E-state index contributed by atoms with van der Waals surface area (Å²) < 4.78 is 79.6. The Bertz CT molecular complexity index is 818. The summed E-state index contributed by atoms with van der Waals surface area (Å²) in [4.78, 5) is 10.4. The van der Waals surface area contributed by atoms with Gasteiger partial charge >= 0.3 is 12.7 Å². The highest BCUT2D eigenvalue weighted by Gasteiger charge is 2.32. The first-order valence-electron chi connectivity index (χ1n) is 7.09. The van der Waals surface area contributed by atoms with E-state index in [4.69, 9.17) is 5.73 Å². The van der Waals surface area contributed by atoms with Crippen LogP contribution >= 0.6 is 44.3 Å². The highest BCUT2D eigenvalue weighted by Crippen LogP contribution is 2.29. The van der Waals surface area contributed by atoms with Crippen LogP contribution in [-0.2, 0) is 6.54 Å². The molecule has 0 aromatic heterocycles. The molecule has 2 aromatic carbocycles. The van der Waals surface area contributed by atoms with Gasteiger partial charge in [-0.3, -0.25) is 4.79 Å². The number of carbonyl (C=O) groups excluding carboxylic acids is 1. The number of rotatable bonds is 4. The molecule has 0 saturated carbocycles. The molecule has 0 saturated heterocycles. The lowest BCUT2D eigenvalue weighted by molar-refractivity contribution is -0.275. The van der Waals surface area contributed by atoms with Gasteiger partial charge in [0.15, 0.2) is 6.29 Å². The van der Waals surface area contributed by atoms with Gasteiger partial charge in [0.05, 0.1) is 5.56 Å². The molecule has 0 spiro atoms. The number of nitrogens with two attached hydrogens (primary N) is 1. The van der Waals surface area contributed by atoms with E-state index in [0.29, 0.717) is 20.8 Å². The summed E-state index contributed by atoms with van der Waals surface area (Å²) in [7, 11) is 0. The fraction of sp³-hybridized carbons (Fsp3) is 0.188. The van der Waals surface area contributed by atoms with Crippen LogP contribution in [0.3, 0.4) is 0 Å². The lowest BCUT2D eigenvalue weighted by Crippen LogP contribution is -2.18. The smallest absolute Gasteiger partial charge is 0.405 e. The monoisotopic (exact) mass is 573 g/mol. The van der Waals surface area contributed by atoms with Crippen LogP contribution in [0.1, 0.15) is 15.9 Å². The molecular weight excluding hydrogens is 563 g/mol. The zero-order chi connectivity index (χ0) is 21.5. The molecule has 2 rings (SSSR count). The highest BCUT2D eigenvalue weighted by molar-refractivity contribution is 9.10. The molecule has 2 N–H and O–H groups in total. The van der Waals surface area contributed by atoms with Crippen molar-refractivity contribution in [1.29, 1.82) is 0 Å². The summed E-state index contributed by atoms with van der Waals surface area (Å²) in [6.45, 7) is -0.00130. The van der Waals surface area contributed by atoms with Crippen LogP contribution in [0.15, 0.2) is 45.3 Å². The topological polar surface area (TPSA) is 61.5 Å². The molecule has 0 atom stereocenters. The molecule has 0 heterocycles. The number of aldehydes is 1. The first-order chi connectivity index (χ1) is 12.8. The van der Waals surface area contributed by atoms with Gasteiger partial charge in [-0.25, -0.2) is 0 Å². The zero-order valence-electron chi connectivity index (χ0n) is 14.0. The minimum absolute atomic E-state index is 0. The van der Waals surface area contributed by atoms with E-state index in [1.54, 1.807) is 6.07 Å². The van der Waals surface area contributed by atoms with Crippen LogP contribution < -0.4 is 15.2 Å². The third kappa shape index (κ3) is 10.7. The Morgan fingerprint density at radius 1 is 0.862 bits per heavy atom. The second-order valence-corrected chi connectivity index (χ2v) is 6.68. The van der Waals surface area contributed by atoms with Gasteiger partial charge in [0.2, 0.25) is 0 Å². The van der Waals surface area contributed by atoms with E-state index in [0.717, 1.165) is 6.07 Å². The van der Waals surface area contributed by atoms with Gasteiger partial charge < -0.3 is 15.2 Å². The van der Waals surface area contributed by atoms with Crippen LogP contribution in [-0.4, -0.2) is 19.0 Å². The van der Waals surface area contributed by atoms with Crippen molar-refractivity contribution in [3.8, 4) is 11.5 Å². The van der Waals surface area contributed by atoms with Crippen LogP contribution in [0.4, 0.5) is 26.3 Å². The largest absolute Gasteiger partial charge is 0.573 e. The van der Waals surface area contributed by atoms with E-state index in [9.17, 15) is 31.1 Å². The van der Waals surface area contributed by atoms with Gasteiger partial charge in [0, 0.05) is 21.1 Å². The number of ether oxygens (including phenoxy) is 2. The Labute approximate surface area is 184 Å². The van der Waals surface area contributed by atoms with Crippen molar-refractivity contribution >= 4 is 50.6 Å². The number of hydrogen-bond acceptors (Lipinski definition) is 4. The Hall–Kier alpha value is -1.50. The molecule has 2 aromatic rings. The predicted molar refractivity (Wildman–Crippen MR) is 102 cm³/mol. The van der Waals surface area contributed by atoms with Gasteiger partial charge in [0.1, 0.15) is 11.5 Å². The highest BCUT2D eigenvalue weighted by atomic mass is 79.9. The summed E-state index contributed by atoms with van der Waals surface area (Å²) in [5.41, 5.74) is 5.42. The normalized spacial score (nSPS) is 10.9. The molecule has 29 heavy (non-hydrogen) atoms. The number of alkyl halides is 6. The van der Waals surface area contributed by atoms with Gasteiger partial charge in [-0.05, 0) is 30.3 Å². The molecule has 0 fully saturated rings. The van der Waals surface area contributed by atoms with E-state index in [-0.39, 0.29) is 30.3 Å². The van der Waals surface area contributed by atoms with Crippen LogP contribution in [0.5, 0.6) is 11.5 Å². The van der Waals surface area contributed by atoms with Gasteiger partial charge in [0.25, 0.3) is 0 Å². The Morgan fingerprint density at radius 3 is 1.76 bits per heavy atom. The average molecular weight is 576 g/mol. The molecule has 0 aliphatic rings. The third-order valence-electron chi connectivity index (χ3n) is 2.80. The number of carbonyl (C=O) groups is 1. The molecule has 13 heteroatoms. The maximum Gasteiger partial charge on any atom is 0.573 e. The fourth-order valence-corrected chi connectivity index (χ4v) is 2.42. The van der Waals surface area contributed by atoms with Gasteiger partial charge in [-0.1, -0.05) is 37.9 Å². The molecule has 0 radical (unpaired) electrons. The quantitative estimate of drug-likeness (QED) is 0.339. The first-order valence-corrected chi connectivity index (χ1v) is 8.68. The molecule has 0 aliphatic heterocycles. The first kappa shape index (κ1) is 27.5. The Kier molecular flexibility index (Phi) is 11.0. The van der Waals surface area contributed by atoms with Crippen molar-refractivity contribution in [2.45, 2.75) is 19.3 Å². The van der Waals surface area contributed by atoms with Gasteiger partial charge in [-0.15, -0.1) is 38.7 Å². The molecule has 162 valence electrons. The summed E-state index contributed by atoms with van der Waals surface area (Å²) in [6, 6.07) is 8.08. The molecule has 4 nitrogen and oxygen atoms in total. The van der Waals surface area contributed by atoms with E-state index in [2.05, 4.69) is 41.3 Å². The van der Waals surface area contributed by atoms with Crippen molar-refractivity contribution in [2.24, 2.45) is 5.73 Å². The van der Waals surface area contributed by atoms with Crippen molar-refractivity contribution < 1.29 is 40.6 Å². The molecule has 0 bridgehead atoms. The summed E-state index contributed by atoms with van der Waals surface area (Å²) in [6.07, 6.45) is -9.18. The minimum atomic E-state index is -4.79. The Morgan fingerprint density at radius 2 is 1.31 bits per heavy atom. The molecule has 0 aliphatic carbocycles. The van der Waals surface area contributed by atoms with E-state index in [1.807, 2.05) is 0 Å². The molecule has 0 amide bonds. The van der Waals surface area contributed by atoms with Crippen LogP contribution in [0.25, 0.3) is 0 Å². The summed E-state index contributed by atoms with van der Waals surface area (Å²) in [5, 5.41) is 0. The van der Waals surface area contributed by atoms with Crippen molar-refractivity contribution in [3.05, 3.63) is 56.5 Å². The standard InChI is InChI=1S/C8H7BrF3NO.C8H4BrF3O2.ClH/c2*9-6-2-1-5(4-13)7(3-6)14-8(10,11)12;/h1-3H,4,13H2;1-4H;1H. The summed E-state index contributed by atoms with van der Waals surface area (Å²) in [5.74, 6) is -0.781. The number of hydrogen-bond donors (Lipinski definition) is 1. The van der Waals surface area contributed by atoms with Gasteiger partial charge in [-0.2, -0.15) is 0 Å². The van der Waals surface area contributed by atoms with E-state index < -0.39 is 18.5 Å². The molecule has 0 unspecified atom stereocenters. The van der Waals surface area contributed by atoms with E-state index >= 15 is 0 Å². The molecular formula is C16H12Br2ClF6NO3. The zero-order valence-corrected chi connectivity index (χ0v) is 18.0. The van der Waals surface area contributed by atoms with Crippen molar-refractivity contribution in [2.75, 3.05) is 0 Å². The second kappa shape index (κ2) is 11.6. The predicted octanol–water partition coefficient (Wildman–Crippen LogP) is 6.39. The minimum Gasteiger partial charge on any atom is -0.405 e. The van der Waals surface area contributed by atoms with Crippen molar-refractivity contribution in [1.82, 2.24) is 0 Å². The van der Waals surface area contributed by atoms with Crippen molar-refractivity contribution in [3.63, 3.8) is 0 Å². The SMILES string of the molecule is Cl.NCc1ccc(Br)cc1OC(F)(F)F.O=Cc1ccc(Br)cc1OC(F)(F)F. The number of halogens is 9. The number of benzene rings is 2. The fourth-order valence-electron chi connectivity index (χ4n) is 1.74. The average Bonchev–Trinajstić information content (AvgIpc) is 2.53. The van der Waals surface area contributed by atoms with Crippen LogP contribution in [0, 0.1) is 0 Å².